The fourth-order valence-corrected chi connectivity index (χ4v) is 1.12. The number of aliphatic hydroxyl groups excluding tert-OH is 1. The summed E-state index contributed by atoms with van der Waals surface area (Å²) in [5, 5.41) is 9.18. The molecule has 0 spiro atoms. The third-order valence-corrected chi connectivity index (χ3v) is 2.59. The summed E-state index contributed by atoms with van der Waals surface area (Å²) in [5.74, 6) is 0.0485. The molecule has 0 aliphatic heterocycles. The summed E-state index contributed by atoms with van der Waals surface area (Å²) < 4.78 is 0. The maximum Gasteiger partial charge on any atom is 0.272 e. The first kappa shape index (κ1) is 12.4. The number of rotatable bonds is 3. The predicted octanol–water partition coefficient (Wildman–Crippen LogP) is 0.507. The summed E-state index contributed by atoms with van der Waals surface area (Å²) in [6.07, 6.45) is 0. The Morgan fingerprint density at radius 2 is 2.19 bits per heavy atom. The summed E-state index contributed by atoms with van der Waals surface area (Å²) >= 11 is 0. The van der Waals surface area contributed by atoms with E-state index in [1.807, 2.05) is 0 Å². The first-order valence-corrected chi connectivity index (χ1v) is 5.00. The van der Waals surface area contributed by atoms with E-state index in [1.54, 1.807) is 39.1 Å². The van der Waals surface area contributed by atoms with Crippen molar-refractivity contribution in [3.8, 4) is 0 Å². The van der Waals surface area contributed by atoms with Crippen molar-refractivity contribution in [2.45, 2.75) is 19.4 Å². The van der Waals surface area contributed by atoms with Gasteiger partial charge in [0.25, 0.3) is 5.91 Å². The topological polar surface area (TPSA) is 79.5 Å². The van der Waals surface area contributed by atoms with Crippen LogP contribution in [0.25, 0.3) is 0 Å². The molecule has 5 nitrogen and oxygen atoms in total. The highest BCUT2D eigenvalue weighted by Crippen LogP contribution is 2.14. The lowest BCUT2D eigenvalue weighted by Gasteiger charge is -2.33. The summed E-state index contributed by atoms with van der Waals surface area (Å²) in [7, 11) is 1.63. The van der Waals surface area contributed by atoms with E-state index >= 15 is 0 Å². The third kappa shape index (κ3) is 2.49. The molecule has 0 unspecified atom stereocenters. The average molecular weight is 223 g/mol. The van der Waals surface area contributed by atoms with Gasteiger partial charge in [-0.05, 0) is 26.0 Å². The maximum atomic E-state index is 12.0. The Morgan fingerprint density at radius 1 is 1.56 bits per heavy atom. The van der Waals surface area contributed by atoms with Crippen molar-refractivity contribution < 1.29 is 9.90 Å². The molecule has 0 saturated carbocycles. The van der Waals surface area contributed by atoms with Crippen LogP contribution in [0.2, 0.25) is 0 Å². The number of nitrogens with zero attached hydrogens (tertiary/aromatic N) is 2. The second-order valence-corrected chi connectivity index (χ2v) is 4.28. The quantitative estimate of drug-likeness (QED) is 0.782. The Kier molecular flexibility index (Phi) is 3.49. The van der Waals surface area contributed by atoms with E-state index in [0.29, 0.717) is 5.82 Å². The van der Waals surface area contributed by atoms with Crippen LogP contribution in [0.4, 0.5) is 5.82 Å². The molecule has 0 saturated heterocycles. The Bertz CT molecular complexity index is 391. The van der Waals surface area contributed by atoms with Gasteiger partial charge in [-0.25, -0.2) is 4.98 Å². The highest BCUT2D eigenvalue weighted by Gasteiger charge is 2.28. The number of hydrogen-bond donors (Lipinski definition) is 2. The second kappa shape index (κ2) is 4.49. The molecule has 16 heavy (non-hydrogen) atoms. The highest BCUT2D eigenvalue weighted by molar-refractivity contribution is 5.92. The van der Waals surface area contributed by atoms with E-state index in [9.17, 15) is 9.90 Å². The second-order valence-electron chi connectivity index (χ2n) is 4.28. The zero-order chi connectivity index (χ0) is 12.3. The Balaban J connectivity index is 2.95. The van der Waals surface area contributed by atoms with Gasteiger partial charge in [-0.3, -0.25) is 4.79 Å². The van der Waals surface area contributed by atoms with Crippen LogP contribution < -0.4 is 5.73 Å². The largest absolute Gasteiger partial charge is 0.394 e. The van der Waals surface area contributed by atoms with Crippen LogP contribution in [0.15, 0.2) is 18.2 Å². The Morgan fingerprint density at radius 3 is 2.69 bits per heavy atom. The van der Waals surface area contributed by atoms with Crippen LogP contribution in [0.3, 0.4) is 0 Å². The van der Waals surface area contributed by atoms with E-state index in [-0.39, 0.29) is 18.2 Å². The molecule has 0 atom stereocenters. The number of aliphatic hydroxyl groups is 1. The number of amides is 1. The van der Waals surface area contributed by atoms with Gasteiger partial charge in [0.2, 0.25) is 0 Å². The van der Waals surface area contributed by atoms with Crippen LogP contribution in [-0.2, 0) is 0 Å². The minimum Gasteiger partial charge on any atom is -0.394 e. The van der Waals surface area contributed by atoms with E-state index in [4.69, 9.17) is 5.73 Å². The van der Waals surface area contributed by atoms with Crippen LogP contribution in [0.1, 0.15) is 24.3 Å². The van der Waals surface area contributed by atoms with Crippen molar-refractivity contribution in [1.82, 2.24) is 9.88 Å². The highest BCUT2D eigenvalue weighted by atomic mass is 16.3. The number of nitrogen functional groups attached to an aromatic ring is 1. The van der Waals surface area contributed by atoms with Crippen molar-refractivity contribution in [1.29, 1.82) is 0 Å². The molecule has 1 aromatic rings. The van der Waals surface area contributed by atoms with Crippen LogP contribution in [0.5, 0.6) is 0 Å². The van der Waals surface area contributed by atoms with Gasteiger partial charge in [-0.1, -0.05) is 6.07 Å². The first-order valence-electron chi connectivity index (χ1n) is 5.00. The number of nitrogens with two attached hydrogens (primary N) is 1. The van der Waals surface area contributed by atoms with E-state index in [0.717, 1.165) is 0 Å². The molecule has 1 amide bonds. The molecule has 0 aliphatic carbocycles. The number of pyridine rings is 1. The molecule has 0 fully saturated rings. The van der Waals surface area contributed by atoms with Crippen LogP contribution in [0, 0.1) is 0 Å². The molecule has 1 aromatic heterocycles. The van der Waals surface area contributed by atoms with Gasteiger partial charge in [0.1, 0.15) is 11.5 Å². The monoisotopic (exact) mass is 223 g/mol. The number of anilines is 1. The zero-order valence-corrected chi connectivity index (χ0v) is 9.77. The van der Waals surface area contributed by atoms with Crippen molar-refractivity contribution in [2.24, 2.45) is 0 Å². The summed E-state index contributed by atoms with van der Waals surface area (Å²) in [6.45, 7) is 3.44. The Hall–Kier alpha value is -1.62. The van der Waals surface area contributed by atoms with Gasteiger partial charge in [-0.2, -0.15) is 0 Å². The summed E-state index contributed by atoms with van der Waals surface area (Å²) in [4.78, 5) is 17.4. The molecule has 1 heterocycles. The fraction of sp³-hybridized carbons (Fsp3) is 0.455. The molecular formula is C11H17N3O2. The number of aromatic nitrogens is 1. The first-order chi connectivity index (χ1) is 7.38. The SMILES string of the molecule is CN(C(=O)c1cccc(N)n1)C(C)(C)CO. The van der Waals surface area contributed by atoms with Crippen LogP contribution in [-0.4, -0.2) is 40.1 Å². The minimum atomic E-state index is -0.622. The van der Waals surface area contributed by atoms with Crippen molar-refractivity contribution in [2.75, 3.05) is 19.4 Å². The third-order valence-electron chi connectivity index (χ3n) is 2.59. The van der Waals surface area contributed by atoms with Gasteiger partial charge >= 0.3 is 0 Å². The maximum absolute atomic E-state index is 12.0. The number of likely N-dealkylation sites (N-methyl/N-ethyl adjacent to an activating group) is 1. The van der Waals surface area contributed by atoms with Gasteiger partial charge in [0.05, 0.1) is 12.1 Å². The van der Waals surface area contributed by atoms with E-state index in [2.05, 4.69) is 4.98 Å². The van der Waals surface area contributed by atoms with Gasteiger partial charge < -0.3 is 15.7 Å². The Labute approximate surface area is 94.9 Å². The molecule has 0 radical (unpaired) electrons. The number of carbonyl (C=O) groups excluding carboxylic acids is 1. The summed E-state index contributed by atoms with van der Waals surface area (Å²) in [6, 6.07) is 4.89. The minimum absolute atomic E-state index is 0.114. The van der Waals surface area contributed by atoms with Gasteiger partial charge in [-0.15, -0.1) is 0 Å². The van der Waals surface area contributed by atoms with Crippen LogP contribution >= 0.6 is 0 Å². The standard InChI is InChI=1S/C11H17N3O2/c1-11(2,7-15)14(3)10(16)8-5-4-6-9(12)13-8/h4-6,15H,7H2,1-3H3,(H2,12,13). The van der Waals surface area contributed by atoms with Gasteiger partial charge in [0.15, 0.2) is 0 Å². The lowest BCUT2D eigenvalue weighted by atomic mass is 10.0. The molecule has 0 aliphatic rings. The molecule has 5 heteroatoms. The van der Waals surface area contributed by atoms with E-state index < -0.39 is 5.54 Å². The lowest BCUT2D eigenvalue weighted by Crippen LogP contribution is -2.47. The molecule has 1 rings (SSSR count). The normalized spacial score (nSPS) is 11.2. The molecule has 0 bridgehead atoms. The van der Waals surface area contributed by atoms with Gasteiger partial charge in [0, 0.05) is 7.05 Å². The van der Waals surface area contributed by atoms with E-state index in [1.165, 1.54) is 4.90 Å². The molecule has 88 valence electrons. The fourth-order valence-electron chi connectivity index (χ4n) is 1.12. The summed E-state index contributed by atoms with van der Waals surface area (Å²) in [5.41, 5.74) is 5.17. The molecule has 0 aromatic carbocycles. The average Bonchev–Trinajstić information content (AvgIpc) is 2.27. The number of carbonyl (C=O) groups is 1. The van der Waals surface area contributed by atoms with Crippen molar-refractivity contribution in [3.05, 3.63) is 23.9 Å². The molecular weight excluding hydrogens is 206 g/mol. The zero-order valence-electron chi connectivity index (χ0n) is 9.77. The predicted molar refractivity (Wildman–Crippen MR) is 61.9 cm³/mol. The van der Waals surface area contributed by atoms with Crippen molar-refractivity contribution >= 4 is 11.7 Å². The lowest BCUT2D eigenvalue weighted by molar-refractivity contribution is 0.0468. The number of hydrogen-bond acceptors (Lipinski definition) is 4. The van der Waals surface area contributed by atoms with Crippen molar-refractivity contribution in [3.63, 3.8) is 0 Å². The smallest absolute Gasteiger partial charge is 0.272 e. The molecule has 3 N–H and O–H groups in total.